The van der Waals surface area contributed by atoms with Crippen molar-refractivity contribution in [1.82, 2.24) is 0 Å². The van der Waals surface area contributed by atoms with E-state index in [0.29, 0.717) is 24.3 Å². The number of phenolic OH excluding ortho intramolecular Hbond substituents is 1. The molecule has 0 atom stereocenters. The van der Waals surface area contributed by atoms with Gasteiger partial charge >= 0.3 is 37.7 Å². The van der Waals surface area contributed by atoms with E-state index in [9.17, 15) is 36.2 Å². The Kier molecular flexibility index (Phi) is 27.0. The second kappa shape index (κ2) is 30.3. The summed E-state index contributed by atoms with van der Waals surface area (Å²) >= 11 is 0. The first-order chi connectivity index (χ1) is 28.8. The van der Waals surface area contributed by atoms with Crippen LogP contribution in [0.2, 0.25) is 0 Å². The average Bonchev–Trinajstić information content (AvgIpc) is 3.20. The SMILES string of the molecule is CCCCCCCCCCCCc1c(O)cc(Oc2ccccc2)cc1S(=O)(=O)O.CCCCCCCCCCCCc1c([O-])cc(Oc2ccccc2)cc1S(=O)(=O)[O-].[Ca+2]. The molecule has 61 heavy (non-hydrogen) atoms. The van der Waals surface area contributed by atoms with Crippen LogP contribution in [0.5, 0.6) is 34.5 Å². The molecule has 2 N–H and O–H groups in total. The summed E-state index contributed by atoms with van der Waals surface area (Å²) in [5, 5.41) is 22.9. The summed E-state index contributed by atoms with van der Waals surface area (Å²) < 4.78 is 79.8. The van der Waals surface area contributed by atoms with E-state index in [0.717, 1.165) is 38.5 Å². The van der Waals surface area contributed by atoms with Gasteiger partial charge in [0.05, 0.1) is 4.90 Å². The number of aromatic hydroxyl groups is 1. The van der Waals surface area contributed by atoms with Crippen LogP contribution in [0.1, 0.15) is 153 Å². The Balaban J connectivity index is 0.000000413. The van der Waals surface area contributed by atoms with Gasteiger partial charge in [0.15, 0.2) is 0 Å². The fourth-order valence-electron chi connectivity index (χ4n) is 7.10. The van der Waals surface area contributed by atoms with Gasteiger partial charge in [-0.15, -0.1) is 5.75 Å². The zero-order chi connectivity index (χ0) is 43.6. The predicted octanol–water partition coefficient (Wildman–Crippen LogP) is 12.4. The zero-order valence-corrected chi connectivity index (χ0v) is 40.2. The Hall–Kier alpha value is -2.84. The van der Waals surface area contributed by atoms with Gasteiger partial charge in [0, 0.05) is 17.7 Å². The van der Waals surface area contributed by atoms with Crippen molar-refractivity contribution in [1.29, 1.82) is 0 Å². The quantitative estimate of drug-likeness (QED) is 0.0317. The molecule has 0 heterocycles. The van der Waals surface area contributed by atoms with Gasteiger partial charge in [-0.05, 0) is 67.6 Å². The van der Waals surface area contributed by atoms with Crippen LogP contribution < -0.4 is 14.6 Å². The number of hydrogen-bond donors (Lipinski definition) is 2. The van der Waals surface area contributed by atoms with E-state index in [1.807, 2.05) is 12.1 Å². The minimum atomic E-state index is -4.76. The summed E-state index contributed by atoms with van der Waals surface area (Å²) in [4.78, 5) is -0.749. The monoisotopic (exact) mass is 906 g/mol. The molecular formula is C48H66CaO10S2. The van der Waals surface area contributed by atoms with Crippen molar-refractivity contribution in [3.8, 4) is 34.5 Å². The first-order valence-electron chi connectivity index (χ1n) is 21.9. The molecule has 0 spiro atoms. The number of para-hydroxylation sites is 2. The van der Waals surface area contributed by atoms with E-state index in [4.69, 9.17) is 9.47 Å². The predicted molar refractivity (Wildman–Crippen MR) is 242 cm³/mol. The summed E-state index contributed by atoms with van der Waals surface area (Å²) in [5.41, 5.74) is 0.322. The molecular weight excluding hydrogens is 841 g/mol. The normalized spacial score (nSPS) is 11.3. The number of rotatable bonds is 28. The number of benzene rings is 4. The van der Waals surface area contributed by atoms with E-state index >= 15 is 0 Å². The standard InChI is InChI=1S/2C24H34O5S.Ca/c2*1-2-3-4-5-6-7-8-9-10-14-17-22-23(25)18-21(19-24(22)30(26,27)28)29-20-15-12-11-13-16-20;/h2*11-13,15-16,18-19,25H,2-10,14,17H2,1H3,(H,26,27,28);/q;;+2/p-2. The fraction of sp³-hybridized carbons (Fsp3) is 0.500. The van der Waals surface area contributed by atoms with Crippen molar-refractivity contribution in [2.45, 2.75) is 165 Å². The molecule has 0 aliphatic carbocycles. The number of hydrogen-bond acceptors (Lipinski definition) is 9. The molecule has 4 aromatic carbocycles. The van der Waals surface area contributed by atoms with Gasteiger partial charge in [-0.3, -0.25) is 4.55 Å². The van der Waals surface area contributed by atoms with Crippen LogP contribution in [0, 0.1) is 0 Å². The van der Waals surface area contributed by atoms with Gasteiger partial charge in [-0.1, -0.05) is 166 Å². The number of phenols is 1. The van der Waals surface area contributed by atoms with Crippen molar-refractivity contribution >= 4 is 58.0 Å². The second-order valence-electron chi connectivity index (χ2n) is 15.4. The van der Waals surface area contributed by atoms with Crippen LogP contribution in [0.3, 0.4) is 0 Å². The van der Waals surface area contributed by atoms with Gasteiger partial charge in [0.2, 0.25) is 0 Å². The second-order valence-corrected chi connectivity index (χ2v) is 18.2. The molecule has 0 unspecified atom stereocenters. The van der Waals surface area contributed by atoms with Crippen LogP contribution in [-0.4, -0.2) is 68.8 Å². The largest absolute Gasteiger partial charge is 2.00 e. The van der Waals surface area contributed by atoms with Gasteiger partial charge in [-0.25, -0.2) is 8.42 Å². The maximum Gasteiger partial charge on any atom is 2.00 e. The molecule has 0 amide bonds. The molecule has 0 aliphatic rings. The van der Waals surface area contributed by atoms with Crippen molar-refractivity contribution in [3.63, 3.8) is 0 Å². The van der Waals surface area contributed by atoms with Crippen LogP contribution in [0.4, 0.5) is 0 Å². The van der Waals surface area contributed by atoms with Crippen molar-refractivity contribution in [2.75, 3.05) is 0 Å². The van der Waals surface area contributed by atoms with Crippen LogP contribution in [0.25, 0.3) is 0 Å². The summed E-state index contributed by atoms with van der Waals surface area (Å²) in [6, 6.07) is 22.7. The molecule has 0 saturated carbocycles. The van der Waals surface area contributed by atoms with Crippen LogP contribution in [-0.2, 0) is 33.1 Å². The first kappa shape index (κ1) is 54.3. The molecule has 0 aromatic heterocycles. The Morgan fingerprint density at radius 2 is 0.852 bits per heavy atom. The van der Waals surface area contributed by atoms with Crippen molar-refractivity contribution < 1.29 is 45.6 Å². The smallest absolute Gasteiger partial charge is 0.872 e. The Bertz CT molecular complexity index is 1880. The molecule has 0 bridgehead atoms. The molecule has 13 heteroatoms. The van der Waals surface area contributed by atoms with Crippen molar-refractivity contribution in [3.05, 3.63) is 96.1 Å². The van der Waals surface area contributed by atoms with E-state index in [1.165, 1.54) is 108 Å². The molecule has 0 fully saturated rings. The minimum absolute atomic E-state index is 0. The zero-order valence-electron chi connectivity index (χ0n) is 36.3. The third-order valence-corrected chi connectivity index (χ3v) is 12.2. The van der Waals surface area contributed by atoms with Crippen LogP contribution >= 0.6 is 0 Å². The van der Waals surface area contributed by atoms with Crippen LogP contribution in [0.15, 0.2) is 94.7 Å². The molecule has 4 rings (SSSR count). The first-order valence-corrected chi connectivity index (χ1v) is 24.8. The summed E-state index contributed by atoms with van der Waals surface area (Å²) in [6.45, 7) is 4.43. The third kappa shape index (κ3) is 21.9. The van der Waals surface area contributed by atoms with E-state index in [2.05, 4.69) is 13.8 Å². The maximum absolute atomic E-state index is 12.5. The molecule has 4 aromatic rings. The number of unbranched alkanes of at least 4 members (excludes halogenated alkanes) is 18. The molecule has 0 aliphatic heterocycles. The molecule has 0 radical (unpaired) electrons. The fourth-order valence-corrected chi connectivity index (χ4v) is 8.65. The summed E-state index contributed by atoms with van der Waals surface area (Å²) in [6.07, 6.45) is 23.8. The van der Waals surface area contributed by atoms with Gasteiger partial charge < -0.3 is 24.2 Å². The van der Waals surface area contributed by atoms with E-state index in [-0.39, 0.29) is 77.4 Å². The average molecular weight is 907 g/mol. The Labute approximate surface area is 396 Å². The minimum Gasteiger partial charge on any atom is -0.872 e. The number of ether oxygens (including phenoxy) is 2. The Morgan fingerprint density at radius 1 is 0.492 bits per heavy atom. The van der Waals surface area contributed by atoms with Gasteiger partial charge in [0.25, 0.3) is 10.1 Å². The third-order valence-electron chi connectivity index (χ3n) is 10.4. The topological polar surface area (TPSA) is 173 Å². The van der Waals surface area contributed by atoms with E-state index in [1.54, 1.807) is 48.5 Å². The summed E-state index contributed by atoms with van der Waals surface area (Å²) in [7, 11) is -9.24. The maximum atomic E-state index is 12.5. The molecule has 10 nitrogen and oxygen atoms in total. The summed E-state index contributed by atoms with van der Waals surface area (Å²) in [5.74, 6) is 0.570. The molecule has 0 saturated heterocycles. The van der Waals surface area contributed by atoms with E-state index < -0.39 is 30.9 Å². The molecule has 332 valence electrons. The van der Waals surface area contributed by atoms with Gasteiger partial charge in [0.1, 0.15) is 43.8 Å². The van der Waals surface area contributed by atoms with Gasteiger partial charge in [-0.2, -0.15) is 8.42 Å². The Morgan fingerprint density at radius 3 is 1.25 bits per heavy atom. The van der Waals surface area contributed by atoms with Crippen molar-refractivity contribution in [2.24, 2.45) is 0 Å².